The third-order valence-corrected chi connectivity index (χ3v) is 3.07. The highest BCUT2D eigenvalue weighted by atomic mass is 16.6. The highest BCUT2D eigenvalue weighted by Gasteiger charge is 2.10. The van der Waals surface area contributed by atoms with Gasteiger partial charge in [0.15, 0.2) is 0 Å². The maximum atomic E-state index is 11.9. The molecule has 0 bridgehead atoms. The summed E-state index contributed by atoms with van der Waals surface area (Å²) in [6.07, 6.45) is 4.35. The Hall–Kier alpha value is -3.88. The molecule has 0 radical (unpaired) electrons. The second kappa shape index (κ2) is 7.13. The van der Waals surface area contributed by atoms with Crippen LogP contribution in [0.15, 0.2) is 59.2 Å². The van der Waals surface area contributed by atoms with Crippen molar-refractivity contribution in [2.45, 2.75) is 0 Å². The lowest BCUT2D eigenvalue weighted by Crippen LogP contribution is -2.07. The zero-order valence-corrected chi connectivity index (χ0v) is 12.7. The van der Waals surface area contributed by atoms with Crippen LogP contribution in [0.25, 0.3) is 17.7 Å². The smallest absolute Gasteiger partial charge is 0.322 e. The average molecular weight is 337 g/mol. The molecule has 0 spiro atoms. The number of benzene rings is 1. The molecule has 3 aromatic rings. The summed E-state index contributed by atoms with van der Waals surface area (Å²) in [6, 6.07) is 11.0. The molecular formula is C16H11N5O4. The topological polar surface area (TPSA) is 124 Å². The van der Waals surface area contributed by atoms with Crippen LogP contribution in [0.1, 0.15) is 5.56 Å². The Morgan fingerprint density at radius 3 is 2.64 bits per heavy atom. The SMILES string of the molecule is O=C(C=Cc1ccc([N+](=O)[O-])cc1)Nc1nnc(-c2ccccn2)o1. The van der Waals surface area contributed by atoms with Crippen LogP contribution >= 0.6 is 0 Å². The van der Waals surface area contributed by atoms with Crippen molar-refractivity contribution in [3.8, 4) is 11.6 Å². The van der Waals surface area contributed by atoms with Crippen LogP contribution in [0.4, 0.5) is 11.7 Å². The summed E-state index contributed by atoms with van der Waals surface area (Å²) in [7, 11) is 0. The van der Waals surface area contributed by atoms with Crippen molar-refractivity contribution >= 4 is 23.7 Å². The van der Waals surface area contributed by atoms with E-state index in [0.717, 1.165) is 0 Å². The number of amides is 1. The van der Waals surface area contributed by atoms with Gasteiger partial charge in [-0.25, -0.2) is 0 Å². The summed E-state index contributed by atoms with van der Waals surface area (Å²) in [5.74, 6) is -0.287. The van der Waals surface area contributed by atoms with Gasteiger partial charge in [-0.2, -0.15) is 0 Å². The van der Waals surface area contributed by atoms with Gasteiger partial charge in [0, 0.05) is 24.4 Å². The molecule has 0 aliphatic heterocycles. The molecule has 0 saturated carbocycles. The van der Waals surface area contributed by atoms with Crippen LogP contribution in [-0.2, 0) is 4.79 Å². The minimum atomic E-state index is -0.491. The molecule has 0 unspecified atom stereocenters. The Balaban J connectivity index is 1.63. The largest absolute Gasteiger partial charge is 0.401 e. The molecule has 1 aromatic carbocycles. The number of hydrogen-bond donors (Lipinski definition) is 1. The Bertz CT molecular complexity index is 919. The van der Waals surface area contributed by atoms with Crippen molar-refractivity contribution < 1.29 is 14.1 Å². The lowest BCUT2D eigenvalue weighted by molar-refractivity contribution is -0.384. The quantitative estimate of drug-likeness (QED) is 0.431. The summed E-state index contributed by atoms with van der Waals surface area (Å²) in [5, 5.41) is 20.5. The number of aromatic nitrogens is 3. The molecule has 0 aliphatic carbocycles. The van der Waals surface area contributed by atoms with Gasteiger partial charge < -0.3 is 4.42 Å². The Kier molecular flexibility index (Phi) is 4.56. The maximum Gasteiger partial charge on any atom is 0.322 e. The molecule has 0 fully saturated rings. The van der Waals surface area contributed by atoms with Crippen LogP contribution in [0.2, 0.25) is 0 Å². The fourth-order valence-corrected chi connectivity index (χ4v) is 1.89. The summed E-state index contributed by atoms with van der Waals surface area (Å²) in [4.78, 5) is 26.0. The van der Waals surface area contributed by atoms with Gasteiger partial charge in [-0.1, -0.05) is 11.2 Å². The zero-order chi connectivity index (χ0) is 17.6. The Labute approximate surface area is 141 Å². The van der Waals surface area contributed by atoms with Crippen LogP contribution in [-0.4, -0.2) is 26.0 Å². The second-order valence-electron chi connectivity index (χ2n) is 4.80. The first-order valence-electron chi connectivity index (χ1n) is 7.10. The van der Waals surface area contributed by atoms with E-state index in [-0.39, 0.29) is 17.6 Å². The number of nitrogens with zero attached hydrogens (tertiary/aromatic N) is 4. The number of carbonyl (C=O) groups is 1. The summed E-state index contributed by atoms with van der Waals surface area (Å²) < 4.78 is 5.31. The molecule has 9 heteroatoms. The molecule has 0 aliphatic rings. The van der Waals surface area contributed by atoms with Crippen LogP contribution in [0.5, 0.6) is 0 Å². The molecular weight excluding hydrogens is 326 g/mol. The third-order valence-electron chi connectivity index (χ3n) is 3.07. The lowest BCUT2D eigenvalue weighted by atomic mass is 10.2. The minimum absolute atomic E-state index is 0.0190. The van der Waals surface area contributed by atoms with E-state index in [1.54, 1.807) is 24.4 Å². The second-order valence-corrected chi connectivity index (χ2v) is 4.80. The van der Waals surface area contributed by atoms with Crippen molar-refractivity contribution in [3.63, 3.8) is 0 Å². The Morgan fingerprint density at radius 2 is 1.96 bits per heavy atom. The summed E-state index contributed by atoms with van der Waals surface area (Å²) in [5.41, 5.74) is 1.12. The van der Waals surface area contributed by atoms with Crippen molar-refractivity contribution in [1.82, 2.24) is 15.2 Å². The number of rotatable bonds is 5. The van der Waals surface area contributed by atoms with Crippen molar-refractivity contribution in [2.75, 3.05) is 5.32 Å². The number of non-ortho nitro benzene ring substituents is 1. The highest BCUT2D eigenvalue weighted by Crippen LogP contribution is 2.17. The van der Waals surface area contributed by atoms with Gasteiger partial charge >= 0.3 is 6.01 Å². The summed E-state index contributed by atoms with van der Waals surface area (Å²) in [6.45, 7) is 0. The molecule has 124 valence electrons. The molecule has 1 amide bonds. The van der Waals surface area contributed by atoms with E-state index in [9.17, 15) is 14.9 Å². The van der Waals surface area contributed by atoms with Crippen molar-refractivity contribution in [1.29, 1.82) is 0 Å². The van der Waals surface area contributed by atoms with Gasteiger partial charge in [0.05, 0.1) is 4.92 Å². The zero-order valence-electron chi connectivity index (χ0n) is 12.7. The maximum absolute atomic E-state index is 11.9. The van der Waals surface area contributed by atoms with Gasteiger partial charge in [0.2, 0.25) is 0 Å². The molecule has 2 aromatic heterocycles. The van der Waals surface area contributed by atoms with Crippen molar-refractivity contribution in [3.05, 3.63) is 70.4 Å². The number of carbonyl (C=O) groups excluding carboxylic acids is 1. The molecule has 2 heterocycles. The number of hydrogen-bond acceptors (Lipinski definition) is 7. The van der Waals surface area contributed by atoms with Gasteiger partial charge in [-0.15, -0.1) is 5.10 Å². The molecule has 0 atom stereocenters. The number of anilines is 1. The first-order chi connectivity index (χ1) is 12.1. The first kappa shape index (κ1) is 16.0. The van der Waals surface area contributed by atoms with Crippen LogP contribution < -0.4 is 5.32 Å². The van der Waals surface area contributed by atoms with Gasteiger partial charge in [-0.3, -0.25) is 25.2 Å². The first-order valence-corrected chi connectivity index (χ1v) is 7.10. The minimum Gasteiger partial charge on any atom is -0.401 e. The van der Waals surface area contributed by atoms with Crippen LogP contribution in [0.3, 0.4) is 0 Å². The number of nitrogens with one attached hydrogen (secondary N) is 1. The molecule has 25 heavy (non-hydrogen) atoms. The predicted octanol–water partition coefficient (Wildman–Crippen LogP) is 2.69. The van der Waals surface area contributed by atoms with Gasteiger partial charge in [0.25, 0.3) is 17.5 Å². The lowest BCUT2D eigenvalue weighted by Gasteiger charge is -1.95. The van der Waals surface area contributed by atoms with E-state index < -0.39 is 10.8 Å². The van der Waals surface area contributed by atoms with E-state index in [2.05, 4.69) is 20.5 Å². The number of pyridine rings is 1. The van der Waals surface area contributed by atoms with E-state index in [1.807, 2.05) is 0 Å². The van der Waals surface area contributed by atoms with E-state index in [1.165, 1.54) is 36.4 Å². The Morgan fingerprint density at radius 1 is 1.16 bits per heavy atom. The molecule has 3 rings (SSSR count). The molecule has 9 nitrogen and oxygen atoms in total. The monoisotopic (exact) mass is 337 g/mol. The standard InChI is InChI=1S/C16H11N5O4/c22-14(9-6-11-4-7-12(8-5-11)21(23)24)18-16-20-19-15(25-16)13-3-1-2-10-17-13/h1-10H,(H,18,20,22). The number of nitro benzene ring substituents is 1. The van der Waals surface area contributed by atoms with Crippen molar-refractivity contribution in [2.24, 2.45) is 0 Å². The summed E-state index contributed by atoms with van der Waals surface area (Å²) >= 11 is 0. The molecule has 0 saturated heterocycles. The van der Waals surface area contributed by atoms with Gasteiger partial charge in [0.1, 0.15) is 5.69 Å². The normalized spacial score (nSPS) is 10.7. The predicted molar refractivity (Wildman–Crippen MR) is 88.3 cm³/mol. The van der Waals surface area contributed by atoms with E-state index in [0.29, 0.717) is 11.3 Å². The third kappa shape index (κ3) is 4.10. The molecule has 1 N–H and O–H groups in total. The van der Waals surface area contributed by atoms with E-state index in [4.69, 9.17) is 4.42 Å². The fraction of sp³-hybridized carbons (Fsp3) is 0. The average Bonchev–Trinajstić information content (AvgIpc) is 3.09. The fourth-order valence-electron chi connectivity index (χ4n) is 1.89. The highest BCUT2D eigenvalue weighted by molar-refractivity contribution is 6.00. The van der Waals surface area contributed by atoms with E-state index >= 15 is 0 Å². The number of nitro groups is 1. The van der Waals surface area contributed by atoms with Crippen LogP contribution in [0, 0.1) is 10.1 Å². The van der Waals surface area contributed by atoms with Gasteiger partial charge in [-0.05, 0) is 35.9 Å².